The third-order valence-corrected chi connectivity index (χ3v) is 8.00. The molecule has 36 heavy (non-hydrogen) atoms. The third kappa shape index (κ3) is 4.65. The smallest absolute Gasteiger partial charge is 0.283 e. The summed E-state index contributed by atoms with van der Waals surface area (Å²) in [6, 6.07) is 18.9. The van der Waals surface area contributed by atoms with Crippen LogP contribution in [0.3, 0.4) is 0 Å². The molecule has 0 aliphatic carbocycles. The van der Waals surface area contributed by atoms with E-state index in [0.717, 1.165) is 27.5 Å². The lowest BCUT2D eigenvalue weighted by Crippen LogP contribution is -2.19. The van der Waals surface area contributed by atoms with Crippen molar-refractivity contribution in [2.45, 2.75) is 13.8 Å². The highest BCUT2D eigenvalue weighted by Crippen LogP contribution is 2.31. The number of benzene rings is 2. The number of aryl methyl sites for hydroxylation is 1. The van der Waals surface area contributed by atoms with E-state index in [1.807, 2.05) is 68.7 Å². The van der Waals surface area contributed by atoms with E-state index in [1.54, 1.807) is 49.8 Å². The van der Waals surface area contributed by atoms with E-state index in [1.165, 1.54) is 16.2 Å². The first-order valence-electron chi connectivity index (χ1n) is 11.0. The molecule has 0 saturated carbocycles. The molecule has 5 rings (SSSR count). The first kappa shape index (κ1) is 24.5. The fourth-order valence-electron chi connectivity index (χ4n) is 3.78. The van der Waals surface area contributed by atoms with Gasteiger partial charge in [-0.25, -0.2) is 14.4 Å². The van der Waals surface area contributed by atoms with Gasteiger partial charge in [0.25, 0.3) is 5.56 Å². The van der Waals surface area contributed by atoms with Crippen LogP contribution in [0.25, 0.3) is 16.9 Å². The fraction of sp³-hybridized carbons (Fsp3) is 0.115. The highest BCUT2D eigenvalue weighted by Gasteiger charge is 2.17. The van der Waals surface area contributed by atoms with Gasteiger partial charge in [0.05, 0.1) is 28.3 Å². The first-order valence-corrected chi connectivity index (χ1v) is 13.4. The molecule has 5 aromatic rings. The Hall–Kier alpha value is -3.17. The Morgan fingerprint density at radius 3 is 2.50 bits per heavy atom. The molecular weight excluding hydrogens is 533 g/mol. The Labute approximate surface area is 225 Å². The van der Waals surface area contributed by atoms with E-state index in [-0.39, 0.29) is 5.56 Å². The highest BCUT2D eigenvalue weighted by molar-refractivity contribution is 7.13. The minimum absolute atomic E-state index is 0.207. The Morgan fingerprint density at radius 2 is 1.78 bits per heavy atom. The number of thiophene rings is 1. The summed E-state index contributed by atoms with van der Waals surface area (Å²) in [5, 5.41) is 7.77. The van der Waals surface area contributed by atoms with E-state index in [9.17, 15) is 4.79 Å². The average molecular weight is 555 g/mol. The van der Waals surface area contributed by atoms with Crippen LogP contribution in [-0.4, -0.2) is 20.3 Å². The molecule has 0 bridgehead atoms. The molecule has 0 atom stereocenters. The molecule has 10 heteroatoms. The summed E-state index contributed by atoms with van der Waals surface area (Å²) in [5.74, 6) is 0. The number of thiazole rings is 1. The van der Waals surface area contributed by atoms with Gasteiger partial charge in [0, 0.05) is 32.8 Å². The van der Waals surface area contributed by atoms with Crippen molar-refractivity contribution < 1.29 is 0 Å². The Bertz CT molecular complexity index is 1720. The lowest BCUT2D eigenvalue weighted by atomic mass is 10.2. The van der Waals surface area contributed by atoms with Crippen molar-refractivity contribution in [2.24, 2.45) is 17.1 Å². The first-order chi connectivity index (χ1) is 17.3. The van der Waals surface area contributed by atoms with Crippen LogP contribution < -0.4 is 10.4 Å². The van der Waals surface area contributed by atoms with Gasteiger partial charge in [-0.2, -0.15) is 5.10 Å². The van der Waals surface area contributed by atoms with Gasteiger partial charge in [0.2, 0.25) is 4.80 Å². The van der Waals surface area contributed by atoms with Crippen LogP contribution in [0.1, 0.15) is 15.4 Å². The molecule has 182 valence electrons. The highest BCUT2D eigenvalue weighted by atomic mass is 35.5. The van der Waals surface area contributed by atoms with Crippen LogP contribution in [-0.2, 0) is 7.05 Å². The largest absolute Gasteiger partial charge is 0.297 e. The van der Waals surface area contributed by atoms with Crippen molar-refractivity contribution in [2.75, 3.05) is 0 Å². The van der Waals surface area contributed by atoms with Crippen molar-refractivity contribution in [1.82, 2.24) is 14.0 Å². The van der Waals surface area contributed by atoms with Crippen LogP contribution in [0.15, 0.2) is 80.9 Å². The van der Waals surface area contributed by atoms with Gasteiger partial charge in [-0.05, 0) is 56.3 Å². The van der Waals surface area contributed by atoms with Gasteiger partial charge in [0.1, 0.15) is 0 Å². The predicted molar refractivity (Wildman–Crippen MR) is 151 cm³/mol. The molecule has 0 fully saturated rings. The number of hydrogen-bond donors (Lipinski definition) is 0. The van der Waals surface area contributed by atoms with E-state index in [0.29, 0.717) is 20.5 Å². The molecule has 0 saturated heterocycles. The maximum absolute atomic E-state index is 13.5. The van der Waals surface area contributed by atoms with E-state index in [4.69, 9.17) is 33.3 Å². The second kappa shape index (κ2) is 10.1. The van der Waals surface area contributed by atoms with Crippen LogP contribution in [0, 0.1) is 13.8 Å². The van der Waals surface area contributed by atoms with Gasteiger partial charge in [-0.1, -0.05) is 41.4 Å². The summed E-state index contributed by atoms with van der Waals surface area (Å²) in [4.78, 5) is 21.0. The zero-order valence-electron chi connectivity index (χ0n) is 19.6. The standard InChI is InChI=1S/C26H21Cl2N5OS2/c1-16-9-11-20(36-16)14-29-32-23(21-13-18(27)10-12-22(21)28)15-35-26(32)30-24-17(2)31(3)33(25(24)34)19-7-5-4-6-8-19/h4-15H,1-3H3. The van der Waals surface area contributed by atoms with Gasteiger partial charge >= 0.3 is 0 Å². The maximum atomic E-state index is 13.5. The lowest BCUT2D eigenvalue weighted by molar-refractivity contribution is 0.630. The number of halogens is 2. The Morgan fingerprint density at radius 1 is 1.00 bits per heavy atom. The fourth-order valence-corrected chi connectivity index (χ4v) is 5.75. The minimum Gasteiger partial charge on any atom is -0.283 e. The molecule has 0 aliphatic heterocycles. The molecule has 0 amide bonds. The number of rotatable bonds is 5. The van der Waals surface area contributed by atoms with Crippen LogP contribution in [0.2, 0.25) is 10.0 Å². The molecule has 0 radical (unpaired) electrons. The normalized spacial score (nSPS) is 12.2. The van der Waals surface area contributed by atoms with Crippen molar-refractivity contribution in [3.63, 3.8) is 0 Å². The minimum atomic E-state index is -0.207. The van der Waals surface area contributed by atoms with E-state index >= 15 is 0 Å². The quantitative estimate of drug-likeness (QED) is 0.220. The summed E-state index contributed by atoms with van der Waals surface area (Å²) in [6.45, 7) is 3.93. The molecule has 2 aromatic carbocycles. The van der Waals surface area contributed by atoms with E-state index in [2.05, 4.69) is 0 Å². The monoisotopic (exact) mass is 553 g/mol. The van der Waals surface area contributed by atoms with Crippen molar-refractivity contribution in [3.8, 4) is 16.9 Å². The van der Waals surface area contributed by atoms with Crippen molar-refractivity contribution >= 4 is 57.8 Å². The second-order valence-electron chi connectivity index (χ2n) is 8.05. The van der Waals surface area contributed by atoms with Crippen LogP contribution in [0.4, 0.5) is 5.69 Å². The van der Waals surface area contributed by atoms with Crippen molar-refractivity contribution in [1.29, 1.82) is 0 Å². The summed E-state index contributed by atoms with van der Waals surface area (Å²) in [6.07, 6.45) is 1.78. The Balaban J connectivity index is 1.72. The molecule has 3 heterocycles. The number of aromatic nitrogens is 3. The van der Waals surface area contributed by atoms with Crippen LogP contribution >= 0.6 is 45.9 Å². The zero-order chi connectivity index (χ0) is 25.4. The number of para-hydroxylation sites is 1. The Kier molecular flexibility index (Phi) is 6.85. The topological polar surface area (TPSA) is 56.6 Å². The summed E-state index contributed by atoms with van der Waals surface area (Å²) in [5.41, 5.74) is 3.11. The van der Waals surface area contributed by atoms with E-state index < -0.39 is 0 Å². The van der Waals surface area contributed by atoms with Gasteiger partial charge in [-0.15, -0.1) is 22.7 Å². The molecular formula is C26H21Cl2N5OS2. The number of hydrogen-bond acceptors (Lipinski definition) is 5. The maximum Gasteiger partial charge on any atom is 0.297 e. The number of nitrogens with zero attached hydrogens (tertiary/aromatic N) is 5. The summed E-state index contributed by atoms with van der Waals surface area (Å²) < 4.78 is 5.12. The molecule has 0 unspecified atom stereocenters. The molecule has 0 aliphatic rings. The second-order valence-corrected chi connectivity index (χ2v) is 11.1. The zero-order valence-corrected chi connectivity index (χ0v) is 22.8. The van der Waals surface area contributed by atoms with Gasteiger partial charge in [0.15, 0.2) is 5.69 Å². The summed E-state index contributed by atoms with van der Waals surface area (Å²) in [7, 11) is 1.85. The lowest BCUT2D eigenvalue weighted by Gasteiger charge is -2.07. The average Bonchev–Trinajstić information content (AvgIpc) is 3.53. The molecule has 0 spiro atoms. The molecule has 6 nitrogen and oxygen atoms in total. The van der Waals surface area contributed by atoms with Crippen LogP contribution in [0.5, 0.6) is 0 Å². The summed E-state index contributed by atoms with van der Waals surface area (Å²) >= 11 is 15.8. The van der Waals surface area contributed by atoms with Gasteiger partial charge in [-0.3, -0.25) is 9.48 Å². The molecule has 0 N–H and O–H groups in total. The predicted octanol–water partition coefficient (Wildman–Crippen LogP) is 6.81. The third-order valence-electron chi connectivity index (χ3n) is 5.68. The molecule has 3 aromatic heterocycles. The van der Waals surface area contributed by atoms with Crippen molar-refractivity contribution in [3.05, 3.63) is 107 Å². The van der Waals surface area contributed by atoms with Gasteiger partial charge < -0.3 is 0 Å². The SMILES string of the molecule is Cc1ccc(C=Nn2c(-c3cc(Cl)ccc3Cl)csc2=Nc2c(C)n(C)n(-c3ccccc3)c2=O)s1.